The van der Waals surface area contributed by atoms with E-state index in [2.05, 4.69) is 0 Å². The molecular formula is C14H21NO2. The van der Waals surface area contributed by atoms with Gasteiger partial charge in [0.25, 0.3) is 0 Å². The van der Waals surface area contributed by atoms with Gasteiger partial charge in [-0.15, -0.1) is 0 Å². The first-order valence-electron chi connectivity index (χ1n) is 6.28. The molecule has 1 aromatic carbocycles. The summed E-state index contributed by atoms with van der Waals surface area (Å²) in [4.78, 5) is 0. The Labute approximate surface area is 103 Å². The second-order valence-corrected chi connectivity index (χ2v) is 5.09. The minimum Gasteiger partial charge on any atom is -0.491 e. The average molecular weight is 235 g/mol. The van der Waals surface area contributed by atoms with E-state index >= 15 is 0 Å². The monoisotopic (exact) mass is 235 g/mol. The maximum absolute atomic E-state index is 9.97. The fourth-order valence-electron chi connectivity index (χ4n) is 1.97. The highest BCUT2D eigenvalue weighted by Crippen LogP contribution is 2.37. The van der Waals surface area contributed by atoms with Crippen LogP contribution in [0.4, 0.5) is 0 Å². The predicted octanol–water partition coefficient (Wildman–Crippen LogP) is 2.24. The topological polar surface area (TPSA) is 55.5 Å². The van der Waals surface area contributed by atoms with Gasteiger partial charge in [-0.3, -0.25) is 0 Å². The van der Waals surface area contributed by atoms with Crippen molar-refractivity contribution >= 4 is 0 Å². The van der Waals surface area contributed by atoms with Gasteiger partial charge < -0.3 is 15.6 Å². The van der Waals surface area contributed by atoms with Crippen LogP contribution in [-0.2, 0) is 0 Å². The van der Waals surface area contributed by atoms with Gasteiger partial charge in [0.1, 0.15) is 5.75 Å². The molecular weight excluding hydrogens is 214 g/mol. The Morgan fingerprint density at radius 3 is 2.29 bits per heavy atom. The van der Waals surface area contributed by atoms with Gasteiger partial charge in [0.2, 0.25) is 0 Å². The van der Waals surface area contributed by atoms with Crippen LogP contribution in [0, 0.1) is 5.92 Å². The van der Waals surface area contributed by atoms with Gasteiger partial charge in [0, 0.05) is 0 Å². The summed E-state index contributed by atoms with van der Waals surface area (Å²) in [5.41, 5.74) is 7.01. The number of hydrogen-bond acceptors (Lipinski definition) is 3. The molecule has 0 saturated heterocycles. The van der Waals surface area contributed by atoms with Gasteiger partial charge >= 0.3 is 0 Å². The molecule has 1 aromatic rings. The molecule has 3 nitrogen and oxygen atoms in total. The van der Waals surface area contributed by atoms with Gasteiger partial charge in [0.05, 0.1) is 18.2 Å². The van der Waals surface area contributed by atoms with Gasteiger partial charge in [-0.1, -0.05) is 12.1 Å². The lowest BCUT2D eigenvalue weighted by Gasteiger charge is -2.19. The molecule has 3 heteroatoms. The van der Waals surface area contributed by atoms with E-state index < -0.39 is 6.10 Å². The normalized spacial score (nSPS) is 19.1. The lowest BCUT2D eigenvalue weighted by Crippen LogP contribution is -2.27. The first kappa shape index (κ1) is 12.4. The van der Waals surface area contributed by atoms with Crippen LogP contribution < -0.4 is 10.5 Å². The van der Waals surface area contributed by atoms with E-state index in [0.29, 0.717) is 5.92 Å². The van der Waals surface area contributed by atoms with Gasteiger partial charge in [0.15, 0.2) is 0 Å². The molecule has 0 unspecified atom stereocenters. The van der Waals surface area contributed by atoms with E-state index in [0.717, 1.165) is 24.2 Å². The van der Waals surface area contributed by atoms with Crippen LogP contribution in [0.1, 0.15) is 38.3 Å². The van der Waals surface area contributed by atoms with Crippen LogP contribution in [0.15, 0.2) is 24.3 Å². The average Bonchev–Trinajstić information content (AvgIpc) is 3.11. The number of nitrogens with two attached hydrogens (primary N) is 1. The lowest BCUT2D eigenvalue weighted by molar-refractivity contribution is 0.122. The summed E-state index contributed by atoms with van der Waals surface area (Å²) >= 11 is 0. The molecule has 0 amide bonds. The number of hydrogen-bond donors (Lipinski definition) is 2. The van der Waals surface area contributed by atoms with Crippen LogP contribution in [-0.4, -0.2) is 17.3 Å². The van der Waals surface area contributed by atoms with Crippen molar-refractivity contribution in [1.82, 2.24) is 0 Å². The van der Waals surface area contributed by atoms with Crippen molar-refractivity contribution in [2.45, 2.75) is 44.9 Å². The summed E-state index contributed by atoms with van der Waals surface area (Å²) in [5.74, 6) is 1.24. The molecule has 2 atom stereocenters. The quantitative estimate of drug-likeness (QED) is 0.823. The Kier molecular flexibility index (Phi) is 3.69. The number of benzene rings is 1. The minimum absolute atomic E-state index is 0.173. The Hall–Kier alpha value is -1.06. The Balaban J connectivity index is 2.01. The summed E-state index contributed by atoms with van der Waals surface area (Å²) < 4.78 is 5.57. The maximum atomic E-state index is 9.97. The third kappa shape index (κ3) is 3.20. The molecule has 0 radical (unpaired) electrons. The summed E-state index contributed by atoms with van der Waals surface area (Å²) in [5, 5.41) is 9.97. The molecule has 1 fully saturated rings. The zero-order valence-electron chi connectivity index (χ0n) is 10.5. The van der Waals surface area contributed by atoms with Crippen LogP contribution in [0.3, 0.4) is 0 Å². The van der Waals surface area contributed by atoms with Crippen molar-refractivity contribution in [3.8, 4) is 5.75 Å². The second-order valence-electron chi connectivity index (χ2n) is 5.09. The van der Waals surface area contributed by atoms with E-state index in [1.165, 1.54) is 0 Å². The number of ether oxygens (including phenoxy) is 1. The molecule has 94 valence electrons. The van der Waals surface area contributed by atoms with Crippen LogP contribution >= 0.6 is 0 Å². The predicted molar refractivity (Wildman–Crippen MR) is 67.9 cm³/mol. The molecule has 2 rings (SSSR count). The largest absolute Gasteiger partial charge is 0.491 e. The molecule has 1 aliphatic carbocycles. The highest BCUT2D eigenvalue weighted by atomic mass is 16.5. The molecule has 0 spiro atoms. The van der Waals surface area contributed by atoms with Crippen molar-refractivity contribution in [1.29, 1.82) is 0 Å². The van der Waals surface area contributed by atoms with Gasteiger partial charge in [-0.2, -0.15) is 0 Å². The standard InChI is InChI=1S/C14H21NO2/c1-9(2)17-12-7-5-10(6-8-12)13(15)14(16)11-3-4-11/h5-9,11,13-14,16H,3-4,15H2,1-2H3/t13-,14+/m1/s1. The van der Waals surface area contributed by atoms with Crippen molar-refractivity contribution in [2.75, 3.05) is 0 Å². The molecule has 0 bridgehead atoms. The highest BCUT2D eigenvalue weighted by Gasteiger charge is 2.34. The first-order valence-corrected chi connectivity index (χ1v) is 6.28. The SMILES string of the molecule is CC(C)Oc1ccc([C@@H](N)[C@@H](O)C2CC2)cc1. The van der Waals surface area contributed by atoms with Crippen molar-refractivity contribution in [3.63, 3.8) is 0 Å². The zero-order valence-corrected chi connectivity index (χ0v) is 10.5. The van der Waals surface area contributed by atoms with E-state index in [1.54, 1.807) is 0 Å². The molecule has 1 aliphatic rings. The van der Waals surface area contributed by atoms with Crippen LogP contribution in [0.2, 0.25) is 0 Å². The van der Waals surface area contributed by atoms with E-state index in [1.807, 2.05) is 38.1 Å². The molecule has 3 N–H and O–H groups in total. The molecule has 0 aromatic heterocycles. The molecule has 0 heterocycles. The summed E-state index contributed by atoms with van der Waals surface area (Å²) in [7, 11) is 0. The Bertz CT molecular complexity index is 357. The fourth-order valence-corrected chi connectivity index (χ4v) is 1.97. The van der Waals surface area contributed by atoms with Crippen molar-refractivity contribution in [2.24, 2.45) is 11.7 Å². The molecule has 0 aliphatic heterocycles. The van der Waals surface area contributed by atoms with Gasteiger partial charge in [-0.25, -0.2) is 0 Å². The van der Waals surface area contributed by atoms with Crippen LogP contribution in [0.25, 0.3) is 0 Å². The van der Waals surface area contributed by atoms with Crippen molar-refractivity contribution in [3.05, 3.63) is 29.8 Å². The fraction of sp³-hybridized carbons (Fsp3) is 0.571. The lowest BCUT2D eigenvalue weighted by atomic mass is 9.99. The number of aliphatic hydroxyl groups excluding tert-OH is 1. The van der Waals surface area contributed by atoms with E-state index in [4.69, 9.17) is 10.5 Å². The van der Waals surface area contributed by atoms with E-state index in [9.17, 15) is 5.11 Å². The third-order valence-corrected chi connectivity index (χ3v) is 3.11. The minimum atomic E-state index is -0.410. The van der Waals surface area contributed by atoms with Crippen LogP contribution in [0.5, 0.6) is 5.75 Å². The summed E-state index contributed by atoms with van der Waals surface area (Å²) in [6.07, 6.45) is 1.96. The number of aliphatic hydroxyl groups is 1. The smallest absolute Gasteiger partial charge is 0.119 e. The Morgan fingerprint density at radius 2 is 1.82 bits per heavy atom. The maximum Gasteiger partial charge on any atom is 0.119 e. The van der Waals surface area contributed by atoms with Gasteiger partial charge in [-0.05, 0) is 50.3 Å². The number of rotatable bonds is 5. The summed E-state index contributed by atoms with van der Waals surface area (Å²) in [6.45, 7) is 3.99. The highest BCUT2D eigenvalue weighted by molar-refractivity contribution is 5.30. The first-order chi connectivity index (χ1) is 8.08. The zero-order chi connectivity index (χ0) is 12.4. The van der Waals surface area contributed by atoms with Crippen molar-refractivity contribution < 1.29 is 9.84 Å². The second kappa shape index (κ2) is 5.07. The molecule has 1 saturated carbocycles. The summed E-state index contributed by atoms with van der Waals surface area (Å²) in [6, 6.07) is 7.42. The Morgan fingerprint density at radius 1 is 1.24 bits per heavy atom. The third-order valence-electron chi connectivity index (χ3n) is 3.11. The molecule has 17 heavy (non-hydrogen) atoms. The van der Waals surface area contributed by atoms with E-state index in [-0.39, 0.29) is 12.1 Å².